The van der Waals surface area contributed by atoms with Crippen LogP contribution in [0.2, 0.25) is 0 Å². The highest BCUT2D eigenvalue weighted by Gasteiger charge is 2.18. The van der Waals surface area contributed by atoms with E-state index in [1.54, 1.807) is 53.4 Å². The highest BCUT2D eigenvalue weighted by atomic mass is 16.5. The number of amides is 4. The van der Waals surface area contributed by atoms with Gasteiger partial charge in [-0.3, -0.25) is 20.1 Å². The van der Waals surface area contributed by atoms with E-state index in [-0.39, 0.29) is 5.92 Å². The molecule has 0 aliphatic rings. The number of rotatable bonds is 7. The van der Waals surface area contributed by atoms with Gasteiger partial charge in [-0.05, 0) is 35.3 Å². The Balaban J connectivity index is 2.06. The summed E-state index contributed by atoms with van der Waals surface area (Å²) in [7, 11) is 0. The highest BCUT2D eigenvalue weighted by Crippen LogP contribution is 2.11. The third kappa shape index (κ3) is 7.23. The summed E-state index contributed by atoms with van der Waals surface area (Å²) < 4.78 is 0. The van der Waals surface area contributed by atoms with Crippen molar-refractivity contribution in [3.05, 3.63) is 77.4 Å². The first-order chi connectivity index (χ1) is 13.9. The number of hydroxylamine groups is 1. The molecule has 0 heterocycles. The topological polar surface area (TPSA) is 98.7 Å². The molecule has 2 rings (SSSR count). The van der Waals surface area contributed by atoms with Gasteiger partial charge in [-0.25, -0.2) is 10.3 Å². The van der Waals surface area contributed by atoms with Crippen molar-refractivity contribution < 1.29 is 19.6 Å². The zero-order valence-corrected chi connectivity index (χ0v) is 16.5. The third-order valence-corrected chi connectivity index (χ3v) is 4.02. The van der Waals surface area contributed by atoms with Gasteiger partial charge >= 0.3 is 6.03 Å². The molecule has 0 aromatic heterocycles. The van der Waals surface area contributed by atoms with Crippen molar-refractivity contribution in [2.75, 3.05) is 6.54 Å². The summed E-state index contributed by atoms with van der Waals surface area (Å²) in [4.78, 5) is 37.6. The molecule has 0 saturated heterocycles. The zero-order valence-electron chi connectivity index (χ0n) is 16.5. The van der Waals surface area contributed by atoms with Crippen LogP contribution in [0.5, 0.6) is 0 Å². The predicted octanol–water partition coefficient (Wildman–Crippen LogP) is 3.21. The summed E-state index contributed by atoms with van der Waals surface area (Å²) >= 11 is 0. The molecule has 29 heavy (non-hydrogen) atoms. The average Bonchev–Trinajstić information content (AvgIpc) is 2.72. The Labute approximate surface area is 170 Å². The summed E-state index contributed by atoms with van der Waals surface area (Å²) in [6.07, 6.45) is 2.77. The second kappa shape index (κ2) is 10.8. The van der Waals surface area contributed by atoms with Crippen LogP contribution in [0.25, 0.3) is 6.08 Å². The molecule has 0 radical (unpaired) electrons. The number of imide groups is 1. The Morgan fingerprint density at radius 1 is 1.03 bits per heavy atom. The van der Waals surface area contributed by atoms with Gasteiger partial charge in [0.25, 0.3) is 11.8 Å². The molecule has 0 atom stereocenters. The fourth-order valence-electron chi connectivity index (χ4n) is 2.66. The Morgan fingerprint density at radius 2 is 1.69 bits per heavy atom. The number of hydrogen-bond donors (Lipinski definition) is 3. The summed E-state index contributed by atoms with van der Waals surface area (Å²) in [5, 5.41) is 10.9. The molecule has 4 amide bonds. The smallest absolute Gasteiger partial charge is 0.320 e. The molecule has 0 aliphatic heterocycles. The number of benzene rings is 2. The number of hydrogen-bond acceptors (Lipinski definition) is 4. The van der Waals surface area contributed by atoms with Crippen LogP contribution in [0.15, 0.2) is 60.7 Å². The minimum Gasteiger partial charge on any atom is -0.320 e. The molecule has 7 heteroatoms. The van der Waals surface area contributed by atoms with E-state index in [0.717, 1.165) is 11.1 Å². The van der Waals surface area contributed by atoms with Gasteiger partial charge in [-0.2, -0.15) is 0 Å². The second-order valence-corrected chi connectivity index (χ2v) is 6.95. The largest absolute Gasteiger partial charge is 0.324 e. The molecule has 0 aliphatic carbocycles. The molecular formula is C22H25N3O4. The van der Waals surface area contributed by atoms with E-state index in [0.29, 0.717) is 18.7 Å². The molecular weight excluding hydrogens is 370 g/mol. The molecule has 0 spiro atoms. The Bertz CT molecular complexity index is 861. The Hall–Kier alpha value is -3.45. The minimum absolute atomic E-state index is 0.228. The van der Waals surface area contributed by atoms with Crippen LogP contribution in [-0.4, -0.2) is 34.5 Å². The van der Waals surface area contributed by atoms with Gasteiger partial charge in [-0.15, -0.1) is 0 Å². The first-order valence-electron chi connectivity index (χ1n) is 9.25. The molecule has 2 aromatic rings. The van der Waals surface area contributed by atoms with E-state index in [4.69, 9.17) is 5.21 Å². The summed E-state index contributed by atoms with van der Waals surface area (Å²) in [6.45, 7) is 4.83. The maximum atomic E-state index is 12.7. The van der Waals surface area contributed by atoms with Crippen molar-refractivity contribution >= 4 is 23.9 Å². The number of carbonyl (C=O) groups excluding carboxylic acids is 3. The van der Waals surface area contributed by atoms with E-state index >= 15 is 0 Å². The van der Waals surface area contributed by atoms with Crippen LogP contribution in [0, 0.1) is 5.92 Å². The van der Waals surface area contributed by atoms with Crippen molar-refractivity contribution in [2.45, 2.75) is 20.4 Å². The van der Waals surface area contributed by atoms with Gasteiger partial charge in [0.2, 0.25) is 0 Å². The lowest BCUT2D eigenvalue weighted by Crippen LogP contribution is -2.44. The van der Waals surface area contributed by atoms with Gasteiger partial charge in [0, 0.05) is 24.7 Å². The molecule has 7 nitrogen and oxygen atoms in total. The maximum absolute atomic E-state index is 12.7. The molecule has 0 fully saturated rings. The van der Waals surface area contributed by atoms with Gasteiger partial charge in [0.15, 0.2) is 0 Å². The molecule has 3 N–H and O–H groups in total. The Kier molecular flexibility index (Phi) is 8.12. The van der Waals surface area contributed by atoms with Crippen LogP contribution in [0.4, 0.5) is 4.79 Å². The first kappa shape index (κ1) is 21.8. The van der Waals surface area contributed by atoms with Gasteiger partial charge in [0.05, 0.1) is 0 Å². The van der Waals surface area contributed by atoms with E-state index in [2.05, 4.69) is 5.32 Å². The van der Waals surface area contributed by atoms with E-state index in [9.17, 15) is 14.4 Å². The molecule has 0 bridgehead atoms. The summed E-state index contributed by atoms with van der Waals surface area (Å²) in [6, 6.07) is 15.4. The van der Waals surface area contributed by atoms with Crippen molar-refractivity contribution in [3.63, 3.8) is 0 Å². The van der Waals surface area contributed by atoms with E-state index in [1.807, 2.05) is 26.0 Å². The maximum Gasteiger partial charge on any atom is 0.324 e. The number of nitrogens with zero attached hydrogens (tertiary/aromatic N) is 1. The zero-order chi connectivity index (χ0) is 21.2. The molecule has 2 aromatic carbocycles. The Morgan fingerprint density at radius 3 is 2.28 bits per heavy atom. The van der Waals surface area contributed by atoms with Crippen LogP contribution in [0.1, 0.15) is 35.3 Å². The van der Waals surface area contributed by atoms with Gasteiger partial charge < -0.3 is 4.90 Å². The molecule has 0 unspecified atom stereocenters. The van der Waals surface area contributed by atoms with E-state index in [1.165, 1.54) is 11.6 Å². The molecule has 0 saturated carbocycles. The summed E-state index contributed by atoms with van der Waals surface area (Å²) in [5.41, 5.74) is 3.61. The fraction of sp³-hybridized carbons (Fsp3) is 0.227. The van der Waals surface area contributed by atoms with Crippen LogP contribution in [0.3, 0.4) is 0 Å². The van der Waals surface area contributed by atoms with Gasteiger partial charge in [-0.1, -0.05) is 56.3 Å². The van der Waals surface area contributed by atoms with Crippen molar-refractivity contribution in [3.8, 4) is 0 Å². The quantitative estimate of drug-likeness (QED) is 0.381. The lowest BCUT2D eigenvalue weighted by Gasteiger charge is -2.24. The summed E-state index contributed by atoms with van der Waals surface area (Å²) in [5.74, 6) is -0.823. The number of carbonyl (C=O) groups is 3. The monoisotopic (exact) mass is 395 g/mol. The standard InChI is InChI=1S/C22H25N3O4/c1-16(2)14-25(22(28)23-21(27)19-6-4-3-5-7-19)15-18-10-8-17(9-11-18)12-13-20(26)24-29/h3-13,16,29H,14-15H2,1-2H3,(H,24,26)(H,23,27,28)/b13-12+. The predicted molar refractivity (Wildman–Crippen MR) is 110 cm³/mol. The lowest BCUT2D eigenvalue weighted by atomic mass is 10.1. The van der Waals surface area contributed by atoms with E-state index < -0.39 is 17.8 Å². The van der Waals surface area contributed by atoms with Crippen LogP contribution < -0.4 is 10.8 Å². The number of urea groups is 1. The lowest BCUT2D eigenvalue weighted by molar-refractivity contribution is -0.124. The van der Waals surface area contributed by atoms with Crippen molar-refractivity contribution in [2.24, 2.45) is 5.92 Å². The van der Waals surface area contributed by atoms with Gasteiger partial charge in [0.1, 0.15) is 0 Å². The average molecular weight is 395 g/mol. The SMILES string of the molecule is CC(C)CN(Cc1ccc(/C=C/C(=O)NO)cc1)C(=O)NC(=O)c1ccccc1. The highest BCUT2D eigenvalue weighted by molar-refractivity contribution is 6.04. The van der Waals surface area contributed by atoms with Crippen LogP contribution in [-0.2, 0) is 11.3 Å². The van der Waals surface area contributed by atoms with Crippen molar-refractivity contribution in [1.29, 1.82) is 0 Å². The normalized spacial score (nSPS) is 10.8. The number of nitrogens with one attached hydrogen (secondary N) is 2. The molecule has 152 valence electrons. The fourth-order valence-corrected chi connectivity index (χ4v) is 2.66. The minimum atomic E-state index is -0.614. The third-order valence-electron chi connectivity index (χ3n) is 4.02. The van der Waals surface area contributed by atoms with Crippen molar-refractivity contribution in [1.82, 2.24) is 15.7 Å². The second-order valence-electron chi connectivity index (χ2n) is 6.95. The van der Waals surface area contributed by atoms with Crippen LogP contribution >= 0.6 is 0 Å². The first-order valence-corrected chi connectivity index (χ1v) is 9.25.